The van der Waals surface area contributed by atoms with Gasteiger partial charge in [0.05, 0.1) is 20.3 Å². The average molecular weight is 332 g/mol. The molecule has 6 heteroatoms. The number of ether oxygens (including phenoxy) is 2. The highest BCUT2D eigenvalue weighted by Gasteiger charge is 2.16. The van der Waals surface area contributed by atoms with Gasteiger partial charge in [-0.15, -0.1) is 0 Å². The van der Waals surface area contributed by atoms with Gasteiger partial charge < -0.3 is 19.7 Å². The first kappa shape index (κ1) is 17.8. The maximum Gasteiger partial charge on any atom is 0.354 e. The van der Waals surface area contributed by atoms with Gasteiger partial charge in [0.1, 0.15) is 5.70 Å². The van der Waals surface area contributed by atoms with E-state index in [1.807, 2.05) is 24.3 Å². The molecule has 0 radical (unpaired) electrons. The second-order valence-corrected chi connectivity index (χ2v) is 5.91. The summed E-state index contributed by atoms with van der Waals surface area (Å²) in [4.78, 5) is 25.5. The van der Waals surface area contributed by atoms with Crippen LogP contribution in [0.25, 0.3) is 0 Å². The average Bonchev–Trinajstić information content (AvgIpc) is 2.61. The normalized spacial score (nSPS) is 15.8. The molecule has 24 heavy (non-hydrogen) atoms. The molecule has 6 nitrogen and oxygen atoms in total. The van der Waals surface area contributed by atoms with Crippen LogP contribution in [0.4, 0.5) is 11.4 Å². The van der Waals surface area contributed by atoms with Crippen LogP contribution in [0.5, 0.6) is 0 Å². The molecule has 1 aromatic rings. The van der Waals surface area contributed by atoms with E-state index in [-0.39, 0.29) is 5.70 Å². The van der Waals surface area contributed by atoms with Crippen LogP contribution in [0, 0.1) is 5.92 Å². The van der Waals surface area contributed by atoms with Crippen molar-refractivity contribution >= 4 is 23.3 Å². The summed E-state index contributed by atoms with van der Waals surface area (Å²) in [5.74, 6) is -0.468. The van der Waals surface area contributed by atoms with Crippen LogP contribution in [0.2, 0.25) is 0 Å². The maximum absolute atomic E-state index is 11.7. The van der Waals surface area contributed by atoms with E-state index in [0.717, 1.165) is 30.8 Å². The van der Waals surface area contributed by atoms with Crippen molar-refractivity contribution in [2.24, 2.45) is 5.92 Å². The summed E-state index contributed by atoms with van der Waals surface area (Å²) in [6, 6.07) is 7.76. The fourth-order valence-electron chi connectivity index (χ4n) is 2.61. The Labute approximate surface area is 142 Å². The summed E-state index contributed by atoms with van der Waals surface area (Å²) in [7, 11) is 2.51. The van der Waals surface area contributed by atoms with Crippen LogP contribution in [-0.4, -0.2) is 39.2 Å². The van der Waals surface area contributed by atoms with E-state index in [2.05, 4.69) is 26.6 Å². The molecule has 1 heterocycles. The van der Waals surface area contributed by atoms with Crippen molar-refractivity contribution in [2.45, 2.75) is 19.8 Å². The van der Waals surface area contributed by atoms with E-state index in [9.17, 15) is 9.59 Å². The number of carbonyl (C=O) groups excluding carboxylic acids is 2. The number of carbonyl (C=O) groups is 2. The Balaban J connectivity index is 2.07. The zero-order chi connectivity index (χ0) is 17.5. The quantitative estimate of drug-likeness (QED) is 0.660. The molecule has 1 aromatic carbocycles. The third-order valence-corrected chi connectivity index (χ3v) is 4.16. The summed E-state index contributed by atoms with van der Waals surface area (Å²) in [6.07, 6.45) is 3.48. The Morgan fingerprint density at radius 2 is 1.75 bits per heavy atom. The van der Waals surface area contributed by atoms with Gasteiger partial charge in [0.2, 0.25) is 0 Å². The number of methoxy groups -OCH3 is 2. The van der Waals surface area contributed by atoms with Gasteiger partial charge in [-0.2, -0.15) is 0 Å². The van der Waals surface area contributed by atoms with Crippen LogP contribution in [0.3, 0.4) is 0 Å². The van der Waals surface area contributed by atoms with Crippen molar-refractivity contribution in [3.05, 3.63) is 36.0 Å². The number of benzene rings is 1. The van der Waals surface area contributed by atoms with Gasteiger partial charge in [-0.3, -0.25) is 0 Å². The number of nitrogens with one attached hydrogen (secondary N) is 1. The molecule has 1 saturated heterocycles. The van der Waals surface area contributed by atoms with E-state index in [4.69, 9.17) is 0 Å². The third-order valence-electron chi connectivity index (χ3n) is 4.16. The number of esters is 2. The highest BCUT2D eigenvalue weighted by atomic mass is 16.5. The van der Waals surface area contributed by atoms with E-state index >= 15 is 0 Å². The lowest BCUT2D eigenvalue weighted by molar-refractivity contribution is -0.138. The van der Waals surface area contributed by atoms with E-state index < -0.39 is 11.9 Å². The fourth-order valence-corrected chi connectivity index (χ4v) is 2.61. The fraction of sp³-hybridized carbons (Fsp3) is 0.444. The minimum absolute atomic E-state index is 0.0314. The smallest absolute Gasteiger partial charge is 0.354 e. The van der Waals surface area contributed by atoms with E-state index in [1.54, 1.807) is 0 Å². The monoisotopic (exact) mass is 332 g/mol. The van der Waals surface area contributed by atoms with Crippen molar-refractivity contribution in [3.63, 3.8) is 0 Å². The molecule has 0 amide bonds. The number of anilines is 2. The lowest BCUT2D eigenvalue weighted by Crippen LogP contribution is -2.32. The van der Waals surface area contributed by atoms with Crippen LogP contribution >= 0.6 is 0 Å². The topological polar surface area (TPSA) is 67.9 Å². The Morgan fingerprint density at radius 1 is 1.12 bits per heavy atom. The number of hydrogen-bond acceptors (Lipinski definition) is 6. The Morgan fingerprint density at radius 3 is 2.29 bits per heavy atom. The molecular weight excluding hydrogens is 308 g/mol. The van der Waals surface area contributed by atoms with Crippen molar-refractivity contribution in [2.75, 3.05) is 37.5 Å². The Hall–Kier alpha value is -2.50. The molecule has 0 aliphatic carbocycles. The van der Waals surface area contributed by atoms with E-state index in [0.29, 0.717) is 5.69 Å². The molecule has 0 unspecified atom stereocenters. The molecule has 1 aliphatic heterocycles. The first-order valence-corrected chi connectivity index (χ1v) is 8.03. The SMILES string of the molecule is COC(=O)/C=C(/Nc1ccc(N2CCC(C)CC2)cc1)C(=O)OC. The zero-order valence-corrected chi connectivity index (χ0v) is 14.4. The lowest BCUT2D eigenvalue weighted by atomic mass is 9.99. The molecule has 2 rings (SSSR count). The minimum Gasteiger partial charge on any atom is -0.466 e. The molecule has 0 saturated carbocycles. The molecule has 130 valence electrons. The van der Waals surface area contributed by atoms with Gasteiger partial charge in [0.25, 0.3) is 0 Å². The Bertz CT molecular complexity index is 602. The van der Waals surface area contributed by atoms with Crippen molar-refractivity contribution in [1.29, 1.82) is 0 Å². The molecule has 1 aliphatic rings. The van der Waals surface area contributed by atoms with E-state index in [1.165, 1.54) is 27.1 Å². The molecule has 0 atom stereocenters. The van der Waals surface area contributed by atoms with Crippen LogP contribution in [0.15, 0.2) is 36.0 Å². The predicted octanol–water partition coefficient (Wildman–Crippen LogP) is 2.56. The van der Waals surface area contributed by atoms with Gasteiger partial charge in [0, 0.05) is 24.5 Å². The zero-order valence-electron chi connectivity index (χ0n) is 14.4. The highest BCUT2D eigenvalue weighted by molar-refractivity contribution is 5.98. The maximum atomic E-state index is 11.7. The first-order valence-electron chi connectivity index (χ1n) is 8.03. The van der Waals surface area contributed by atoms with Crippen molar-refractivity contribution < 1.29 is 19.1 Å². The number of hydrogen-bond donors (Lipinski definition) is 1. The van der Waals surface area contributed by atoms with Crippen molar-refractivity contribution in [3.8, 4) is 0 Å². The molecule has 1 N–H and O–H groups in total. The largest absolute Gasteiger partial charge is 0.466 e. The van der Waals surface area contributed by atoms with Gasteiger partial charge in [0.15, 0.2) is 0 Å². The summed E-state index contributed by atoms with van der Waals surface area (Å²) in [5.41, 5.74) is 1.89. The molecule has 1 fully saturated rings. The first-order chi connectivity index (χ1) is 11.5. The lowest BCUT2D eigenvalue weighted by Gasteiger charge is -2.32. The molecule has 0 bridgehead atoms. The summed E-state index contributed by atoms with van der Waals surface area (Å²) in [5, 5.41) is 2.90. The molecule has 0 aromatic heterocycles. The van der Waals surface area contributed by atoms with Crippen LogP contribution in [0.1, 0.15) is 19.8 Å². The van der Waals surface area contributed by atoms with Crippen LogP contribution < -0.4 is 10.2 Å². The predicted molar refractivity (Wildman–Crippen MR) is 92.8 cm³/mol. The van der Waals surface area contributed by atoms with Gasteiger partial charge in [-0.1, -0.05) is 6.92 Å². The number of nitrogens with zero attached hydrogens (tertiary/aromatic N) is 1. The number of piperidine rings is 1. The molecular formula is C18H24N2O4. The Kier molecular flexibility index (Phi) is 6.23. The van der Waals surface area contributed by atoms with Crippen molar-refractivity contribution in [1.82, 2.24) is 0 Å². The van der Waals surface area contributed by atoms with Crippen LogP contribution in [-0.2, 0) is 19.1 Å². The second-order valence-electron chi connectivity index (χ2n) is 5.91. The minimum atomic E-state index is -0.630. The molecule has 0 spiro atoms. The summed E-state index contributed by atoms with van der Waals surface area (Å²) < 4.78 is 9.22. The summed E-state index contributed by atoms with van der Waals surface area (Å²) >= 11 is 0. The van der Waals surface area contributed by atoms with Gasteiger partial charge in [-0.25, -0.2) is 9.59 Å². The van der Waals surface area contributed by atoms with Gasteiger partial charge in [-0.05, 0) is 43.0 Å². The highest BCUT2D eigenvalue weighted by Crippen LogP contribution is 2.24. The third kappa shape index (κ3) is 4.75. The standard InChI is InChI=1S/C18H24N2O4/c1-13-8-10-20(11-9-13)15-6-4-14(5-7-15)19-16(18(22)24-3)12-17(21)23-2/h4-7,12-13,19H,8-11H2,1-3H3/b16-12+. The summed E-state index contributed by atoms with van der Waals surface area (Å²) in [6.45, 7) is 4.40. The number of rotatable bonds is 5. The van der Waals surface area contributed by atoms with Gasteiger partial charge >= 0.3 is 11.9 Å². The second kappa shape index (κ2) is 8.38.